The normalized spacial score (nSPS) is 13.1. The van der Waals surface area contributed by atoms with Crippen LogP contribution in [0.4, 0.5) is 5.69 Å². The number of nitrogens with one attached hydrogen (secondary N) is 1. The number of nitrogens with zero attached hydrogens (tertiary/aromatic N) is 2. The largest absolute Gasteiger partial charge is 0.508 e. The molecule has 0 atom stereocenters. The number of aromatic hydroxyl groups is 1. The molecule has 0 unspecified atom stereocenters. The van der Waals surface area contributed by atoms with Gasteiger partial charge in [-0.25, -0.2) is 9.97 Å². The van der Waals surface area contributed by atoms with Gasteiger partial charge in [-0.05, 0) is 43.9 Å². The zero-order valence-electron chi connectivity index (χ0n) is 14.3. The molecule has 0 spiro atoms. The zero-order chi connectivity index (χ0) is 17.9. The predicted molar refractivity (Wildman–Crippen MR) is 100 cm³/mol. The van der Waals surface area contributed by atoms with E-state index in [0.717, 1.165) is 48.2 Å². The van der Waals surface area contributed by atoms with Crippen LogP contribution in [-0.2, 0) is 12.8 Å². The van der Waals surface area contributed by atoms with Crippen LogP contribution in [0.1, 0.15) is 34.5 Å². The van der Waals surface area contributed by atoms with Crippen molar-refractivity contribution in [1.29, 1.82) is 0 Å². The van der Waals surface area contributed by atoms with E-state index in [-0.39, 0.29) is 11.7 Å². The van der Waals surface area contributed by atoms with E-state index in [1.165, 1.54) is 6.07 Å². The van der Waals surface area contributed by atoms with Crippen LogP contribution in [0.5, 0.6) is 5.75 Å². The summed E-state index contributed by atoms with van der Waals surface area (Å²) in [6, 6.07) is 14.0. The van der Waals surface area contributed by atoms with Gasteiger partial charge in [0, 0.05) is 34.1 Å². The van der Waals surface area contributed by atoms with Crippen molar-refractivity contribution in [3.05, 3.63) is 71.7 Å². The first kappa shape index (κ1) is 16.3. The molecule has 5 nitrogen and oxygen atoms in total. The van der Waals surface area contributed by atoms with E-state index in [4.69, 9.17) is 0 Å². The fourth-order valence-corrected chi connectivity index (χ4v) is 3.42. The van der Waals surface area contributed by atoms with Crippen molar-refractivity contribution in [1.82, 2.24) is 9.97 Å². The summed E-state index contributed by atoms with van der Waals surface area (Å²) in [5, 5.41) is 12.4. The van der Waals surface area contributed by atoms with Crippen molar-refractivity contribution >= 4 is 11.6 Å². The first-order valence-corrected chi connectivity index (χ1v) is 8.75. The maximum absolute atomic E-state index is 12.9. The number of amides is 1. The second-order valence-corrected chi connectivity index (χ2v) is 6.40. The monoisotopic (exact) mass is 345 g/mol. The van der Waals surface area contributed by atoms with E-state index in [1.54, 1.807) is 30.6 Å². The Bertz CT molecular complexity index is 969. The molecule has 5 heteroatoms. The third kappa shape index (κ3) is 3.16. The molecule has 1 aliphatic carbocycles. The molecule has 1 heterocycles. The number of benzene rings is 2. The van der Waals surface area contributed by atoms with E-state index < -0.39 is 0 Å². The lowest BCUT2D eigenvalue weighted by Gasteiger charge is -2.18. The summed E-state index contributed by atoms with van der Waals surface area (Å²) in [7, 11) is 0. The van der Waals surface area contributed by atoms with Gasteiger partial charge in [-0.15, -0.1) is 0 Å². The molecule has 26 heavy (non-hydrogen) atoms. The van der Waals surface area contributed by atoms with Gasteiger partial charge in [0.1, 0.15) is 12.1 Å². The minimum absolute atomic E-state index is 0.112. The lowest BCUT2D eigenvalue weighted by atomic mass is 9.91. The molecule has 1 amide bonds. The van der Waals surface area contributed by atoms with Gasteiger partial charge in [0.25, 0.3) is 5.91 Å². The van der Waals surface area contributed by atoms with E-state index >= 15 is 0 Å². The molecule has 4 rings (SSSR count). The first-order valence-electron chi connectivity index (χ1n) is 8.75. The van der Waals surface area contributed by atoms with Gasteiger partial charge in [-0.1, -0.05) is 24.3 Å². The molecule has 0 saturated heterocycles. The standard InChI is InChI=1S/C21H19N3O2/c25-15-7-5-6-14(12-15)24-21(26)17-9-2-1-8-16(17)20-18-10-3-4-11-19(18)22-13-23-20/h1-2,5-9,12-13,25H,3-4,10-11H2,(H,24,26). The molecule has 2 N–H and O–H groups in total. The third-order valence-electron chi connectivity index (χ3n) is 4.66. The summed E-state index contributed by atoms with van der Waals surface area (Å²) < 4.78 is 0. The highest BCUT2D eigenvalue weighted by atomic mass is 16.3. The summed E-state index contributed by atoms with van der Waals surface area (Å²) in [5.41, 5.74) is 5.00. The number of phenolic OH excluding ortho intramolecular Hbond substituents is 1. The molecule has 3 aromatic rings. The van der Waals surface area contributed by atoms with Gasteiger partial charge in [0.15, 0.2) is 0 Å². The van der Waals surface area contributed by atoms with Crippen LogP contribution in [-0.4, -0.2) is 21.0 Å². The molecule has 2 aromatic carbocycles. The Kier molecular flexibility index (Phi) is 4.35. The summed E-state index contributed by atoms with van der Waals surface area (Å²) >= 11 is 0. The predicted octanol–water partition coefficient (Wildman–Crippen LogP) is 3.98. The number of hydrogen-bond donors (Lipinski definition) is 2. The van der Waals surface area contributed by atoms with Crippen LogP contribution in [0.2, 0.25) is 0 Å². The number of aromatic nitrogens is 2. The van der Waals surface area contributed by atoms with E-state index in [1.807, 2.05) is 18.2 Å². The minimum atomic E-state index is -0.227. The number of phenols is 1. The fraction of sp³-hybridized carbons (Fsp3) is 0.190. The summed E-state index contributed by atoms with van der Waals surface area (Å²) in [6.07, 6.45) is 5.74. The minimum Gasteiger partial charge on any atom is -0.508 e. The number of aryl methyl sites for hydroxylation is 1. The number of anilines is 1. The average Bonchev–Trinajstić information content (AvgIpc) is 2.67. The van der Waals surface area contributed by atoms with Crippen molar-refractivity contribution in [2.24, 2.45) is 0 Å². The van der Waals surface area contributed by atoms with Crippen LogP contribution in [0.25, 0.3) is 11.3 Å². The Morgan fingerprint density at radius 1 is 1.00 bits per heavy atom. The summed E-state index contributed by atoms with van der Waals surface area (Å²) in [6.45, 7) is 0. The molecule has 1 aromatic heterocycles. The molecule has 130 valence electrons. The Labute approximate surface area is 151 Å². The molecule has 0 aliphatic heterocycles. The van der Waals surface area contributed by atoms with Crippen molar-refractivity contribution in [3.63, 3.8) is 0 Å². The lowest BCUT2D eigenvalue weighted by Crippen LogP contribution is -2.15. The van der Waals surface area contributed by atoms with Crippen LogP contribution >= 0.6 is 0 Å². The third-order valence-corrected chi connectivity index (χ3v) is 4.66. The highest BCUT2D eigenvalue weighted by molar-refractivity contribution is 6.08. The smallest absolute Gasteiger partial charge is 0.256 e. The van der Waals surface area contributed by atoms with Crippen molar-refractivity contribution in [2.45, 2.75) is 25.7 Å². The first-order chi connectivity index (χ1) is 12.7. The molecule has 0 fully saturated rings. The lowest BCUT2D eigenvalue weighted by molar-refractivity contribution is 0.102. The quantitative estimate of drug-likeness (QED) is 0.753. The highest BCUT2D eigenvalue weighted by Gasteiger charge is 2.20. The Balaban J connectivity index is 1.73. The highest BCUT2D eigenvalue weighted by Crippen LogP contribution is 2.31. The number of carbonyl (C=O) groups is 1. The van der Waals surface area contributed by atoms with E-state index in [2.05, 4.69) is 15.3 Å². The Hall–Kier alpha value is -3.21. The van der Waals surface area contributed by atoms with Gasteiger partial charge in [-0.2, -0.15) is 0 Å². The average molecular weight is 345 g/mol. The van der Waals surface area contributed by atoms with Gasteiger partial charge in [0.2, 0.25) is 0 Å². The number of carbonyl (C=O) groups excluding carboxylic acids is 1. The molecular formula is C21H19N3O2. The van der Waals surface area contributed by atoms with Crippen LogP contribution < -0.4 is 5.32 Å². The van der Waals surface area contributed by atoms with Crippen molar-refractivity contribution < 1.29 is 9.90 Å². The molecule has 0 bridgehead atoms. The SMILES string of the molecule is O=C(Nc1cccc(O)c1)c1ccccc1-c1ncnc2c1CCCC2. The maximum Gasteiger partial charge on any atom is 0.256 e. The van der Waals surface area contributed by atoms with Crippen molar-refractivity contribution in [2.75, 3.05) is 5.32 Å². The maximum atomic E-state index is 12.9. The fourth-order valence-electron chi connectivity index (χ4n) is 3.42. The number of fused-ring (bicyclic) bond motifs is 1. The van der Waals surface area contributed by atoms with E-state index in [9.17, 15) is 9.90 Å². The second kappa shape index (κ2) is 6.96. The number of rotatable bonds is 3. The number of hydrogen-bond acceptors (Lipinski definition) is 4. The van der Waals surface area contributed by atoms with Crippen LogP contribution in [0.15, 0.2) is 54.9 Å². The molecule has 0 radical (unpaired) electrons. The molecule has 1 aliphatic rings. The van der Waals surface area contributed by atoms with Crippen LogP contribution in [0.3, 0.4) is 0 Å². The topological polar surface area (TPSA) is 75.1 Å². The summed E-state index contributed by atoms with van der Waals surface area (Å²) in [5.74, 6) is -0.115. The van der Waals surface area contributed by atoms with Gasteiger partial charge in [0.05, 0.1) is 5.69 Å². The van der Waals surface area contributed by atoms with Crippen LogP contribution in [0, 0.1) is 0 Å². The Morgan fingerprint density at radius 2 is 1.85 bits per heavy atom. The second-order valence-electron chi connectivity index (χ2n) is 6.40. The zero-order valence-corrected chi connectivity index (χ0v) is 14.3. The summed E-state index contributed by atoms with van der Waals surface area (Å²) in [4.78, 5) is 21.8. The molecular weight excluding hydrogens is 326 g/mol. The van der Waals surface area contributed by atoms with Gasteiger partial charge < -0.3 is 10.4 Å². The Morgan fingerprint density at radius 3 is 2.73 bits per heavy atom. The molecule has 0 saturated carbocycles. The van der Waals surface area contributed by atoms with Gasteiger partial charge in [-0.3, -0.25) is 4.79 Å². The van der Waals surface area contributed by atoms with Crippen molar-refractivity contribution in [3.8, 4) is 17.0 Å². The van der Waals surface area contributed by atoms with Gasteiger partial charge >= 0.3 is 0 Å². The van der Waals surface area contributed by atoms with E-state index in [0.29, 0.717) is 11.3 Å².